The maximum absolute atomic E-state index is 11.7. The summed E-state index contributed by atoms with van der Waals surface area (Å²) in [6, 6.07) is 0.461. The molecule has 7 heteroatoms. The Kier molecular flexibility index (Phi) is 8.76. The van der Waals surface area contributed by atoms with E-state index >= 15 is 0 Å². The molecule has 0 radical (unpaired) electrons. The van der Waals surface area contributed by atoms with E-state index in [0.717, 1.165) is 38.7 Å². The zero-order valence-electron chi connectivity index (χ0n) is 15.3. The second-order valence-electron chi connectivity index (χ2n) is 5.67. The SMILES string of the molecule is CCOC(=O)N1CCN(C(=NC)NCC(C)N(CC)CC)CC1. The monoisotopic (exact) mass is 327 g/mol. The van der Waals surface area contributed by atoms with Crippen molar-refractivity contribution in [1.82, 2.24) is 20.0 Å². The molecule has 1 heterocycles. The molecule has 0 spiro atoms. The van der Waals surface area contributed by atoms with E-state index in [2.05, 4.69) is 40.9 Å². The Balaban J connectivity index is 2.44. The largest absolute Gasteiger partial charge is 0.450 e. The molecule has 1 rings (SSSR count). The Labute approximate surface area is 140 Å². The molecule has 0 aromatic carbocycles. The molecule has 0 bridgehead atoms. The normalized spacial score (nSPS) is 17.4. The van der Waals surface area contributed by atoms with E-state index in [-0.39, 0.29) is 6.09 Å². The maximum Gasteiger partial charge on any atom is 0.409 e. The van der Waals surface area contributed by atoms with E-state index in [1.165, 1.54) is 0 Å². The van der Waals surface area contributed by atoms with Gasteiger partial charge in [-0.25, -0.2) is 4.79 Å². The van der Waals surface area contributed by atoms with E-state index in [1.54, 1.807) is 4.90 Å². The van der Waals surface area contributed by atoms with Crippen LogP contribution in [0.1, 0.15) is 27.7 Å². The Morgan fingerprint density at radius 1 is 1.17 bits per heavy atom. The molecular formula is C16H33N5O2. The second kappa shape index (κ2) is 10.3. The number of ether oxygens (including phenoxy) is 1. The van der Waals surface area contributed by atoms with E-state index < -0.39 is 0 Å². The van der Waals surface area contributed by atoms with Crippen molar-refractivity contribution in [2.24, 2.45) is 4.99 Å². The predicted molar refractivity (Wildman–Crippen MR) is 93.9 cm³/mol. The summed E-state index contributed by atoms with van der Waals surface area (Å²) in [6.07, 6.45) is -0.217. The number of carbonyl (C=O) groups is 1. The molecule has 1 atom stereocenters. The van der Waals surface area contributed by atoms with Crippen LogP contribution in [0.15, 0.2) is 4.99 Å². The highest BCUT2D eigenvalue weighted by Gasteiger charge is 2.24. The molecule has 7 nitrogen and oxygen atoms in total. The summed E-state index contributed by atoms with van der Waals surface area (Å²) in [5, 5.41) is 3.46. The van der Waals surface area contributed by atoms with Crippen molar-refractivity contribution >= 4 is 12.1 Å². The van der Waals surface area contributed by atoms with Gasteiger partial charge in [-0.05, 0) is 26.9 Å². The highest BCUT2D eigenvalue weighted by molar-refractivity contribution is 5.80. The maximum atomic E-state index is 11.7. The fraction of sp³-hybridized carbons (Fsp3) is 0.875. The highest BCUT2D eigenvalue weighted by atomic mass is 16.6. The van der Waals surface area contributed by atoms with E-state index in [1.807, 2.05) is 14.0 Å². The first-order chi connectivity index (χ1) is 11.1. The number of nitrogens with one attached hydrogen (secondary N) is 1. The molecule has 0 saturated carbocycles. The van der Waals surface area contributed by atoms with E-state index in [4.69, 9.17) is 4.74 Å². The summed E-state index contributed by atoms with van der Waals surface area (Å²) in [5.41, 5.74) is 0. The number of aliphatic imine (C=N–C) groups is 1. The minimum absolute atomic E-state index is 0.217. The van der Waals surface area contributed by atoms with Crippen molar-refractivity contribution in [2.45, 2.75) is 33.7 Å². The lowest BCUT2D eigenvalue weighted by Crippen LogP contribution is -2.55. The lowest BCUT2D eigenvalue weighted by molar-refractivity contribution is 0.0913. The predicted octanol–water partition coefficient (Wildman–Crippen LogP) is 1.07. The van der Waals surface area contributed by atoms with Crippen molar-refractivity contribution in [3.8, 4) is 0 Å². The number of guanidine groups is 1. The molecule has 1 aliphatic heterocycles. The minimum Gasteiger partial charge on any atom is -0.450 e. The Morgan fingerprint density at radius 3 is 2.22 bits per heavy atom. The van der Waals surface area contributed by atoms with Gasteiger partial charge in [0.1, 0.15) is 0 Å². The number of likely N-dealkylation sites (N-methyl/N-ethyl adjacent to an activating group) is 1. The number of hydrogen-bond donors (Lipinski definition) is 1. The van der Waals surface area contributed by atoms with Crippen LogP contribution >= 0.6 is 0 Å². The van der Waals surface area contributed by atoms with Crippen LogP contribution in [0.3, 0.4) is 0 Å². The molecule has 23 heavy (non-hydrogen) atoms. The van der Waals surface area contributed by atoms with Crippen molar-refractivity contribution in [3.05, 3.63) is 0 Å². The third-order valence-electron chi connectivity index (χ3n) is 4.31. The highest BCUT2D eigenvalue weighted by Crippen LogP contribution is 2.05. The van der Waals surface area contributed by atoms with Crippen LogP contribution in [0.4, 0.5) is 4.79 Å². The second-order valence-corrected chi connectivity index (χ2v) is 5.67. The molecule has 1 fully saturated rings. The average molecular weight is 327 g/mol. The van der Waals surface area contributed by atoms with Crippen molar-refractivity contribution in [3.63, 3.8) is 0 Å². The topological polar surface area (TPSA) is 60.4 Å². The van der Waals surface area contributed by atoms with Gasteiger partial charge < -0.3 is 19.9 Å². The van der Waals surface area contributed by atoms with Crippen LogP contribution in [0.25, 0.3) is 0 Å². The van der Waals surface area contributed by atoms with Crippen molar-refractivity contribution < 1.29 is 9.53 Å². The fourth-order valence-electron chi connectivity index (χ4n) is 2.86. The third-order valence-corrected chi connectivity index (χ3v) is 4.31. The number of piperazine rings is 1. The van der Waals surface area contributed by atoms with Gasteiger partial charge in [0, 0.05) is 45.8 Å². The van der Waals surface area contributed by atoms with Gasteiger partial charge >= 0.3 is 6.09 Å². The number of hydrogen-bond acceptors (Lipinski definition) is 4. The van der Waals surface area contributed by atoms with E-state index in [9.17, 15) is 4.79 Å². The molecular weight excluding hydrogens is 294 g/mol. The number of nitrogens with zero attached hydrogens (tertiary/aromatic N) is 4. The summed E-state index contributed by atoms with van der Waals surface area (Å²) < 4.78 is 5.05. The van der Waals surface area contributed by atoms with Gasteiger partial charge in [0.2, 0.25) is 0 Å². The summed E-state index contributed by atoms with van der Waals surface area (Å²) in [6.45, 7) is 14.7. The van der Waals surface area contributed by atoms with Crippen LogP contribution in [-0.2, 0) is 4.74 Å². The van der Waals surface area contributed by atoms with Gasteiger partial charge in [-0.3, -0.25) is 9.89 Å². The Morgan fingerprint density at radius 2 is 1.74 bits per heavy atom. The number of amides is 1. The van der Waals surface area contributed by atoms with Gasteiger partial charge in [-0.15, -0.1) is 0 Å². The molecule has 1 unspecified atom stereocenters. The van der Waals surface area contributed by atoms with Gasteiger partial charge in [0.15, 0.2) is 5.96 Å². The zero-order chi connectivity index (χ0) is 17.2. The first-order valence-corrected chi connectivity index (χ1v) is 8.68. The Bertz CT molecular complexity index is 377. The molecule has 134 valence electrons. The van der Waals surface area contributed by atoms with Crippen LogP contribution in [0.2, 0.25) is 0 Å². The molecule has 1 amide bonds. The molecule has 0 aromatic rings. The molecule has 1 N–H and O–H groups in total. The van der Waals surface area contributed by atoms with Gasteiger partial charge in [-0.2, -0.15) is 0 Å². The average Bonchev–Trinajstić information content (AvgIpc) is 2.57. The van der Waals surface area contributed by atoms with Crippen molar-refractivity contribution in [1.29, 1.82) is 0 Å². The van der Waals surface area contributed by atoms with Gasteiger partial charge in [-0.1, -0.05) is 13.8 Å². The smallest absolute Gasteiger partial charge is 0.409 e. The number of carbonyl (C=O) groups excluding carboxylic acids is 1. The summed E-state index contributed by atoms with van der Waals surface area (Å²) >= 11 is 0. The minimum atomic E-state index is -0.217. The lowest BCUT2D eigenvalue weighted by Gasteiger charge is -2.36. The van der Waals surface area contributed by atoms with Crippen LogP contribution in [-0.4, -0.2) is 92.3 Å². The molecule has 1 saturated heterocycles. The first kappa shape index (κ1) is 19.5. The standard InChI is InChI=1S/C16H33N5O2/c1-6-19(7-2)14(4)13-18-15(17-5)20-9-11-21(12-10-20)16(22)23-8-3/h14H,6-13H2,1-5H3,(H,17,18). The summed E-state index contributed by atoms with van der Waals surface area (Å²) in [5.74, 6) is 0.910. The Hall–Kier alpha value is -1.50. The molecule has 0 aliphatic carbocycles. The first-order valence-electron chi connectivity index (χ1n) is 8.68. The molecule has 1 aliphatic rings. The quantitative estimate of drug-likeness (QED) is 0.584. The summed E-state index contributed by atoms with van der Waals surface area (Å²) in [7, 11) is 1.81. The van der Waals surface area contributed by atoms with Crippen LogP contribution < -0.4 is 5.32 Å². The van der Waals surface area contributed by atoms with E-state index in [0.29, 0.717) is 25.7 Å². The van der Waals surface area contributed by atoms with Gasteiger partial charge in [0.25, 0.3) is 0 Å². The lowest BCUT2D eigenvalue weighted by atomic mass is 10.2. The molecule has 0 aromatic heterocycles. The van der Waals surface area contributed by atoms with Crippen LogP contribution in [0.5, 0.6) is 0 Å². The number of rotatable bonds is 6. The van der Waals surface area contributed by atoms with Crippen molar-refractivity contribution in [2.75, 3.05) is 59.5 Å². The zero-order valence-corrected chi connectivity index (χ0v) is 15.3. The van der Waals surface area contributed by atoms with Crippen LogP contribution in [0, 0.1) is 0 Å². The van der Waals surface area contributed by atoms with Gasteiger partial charge in [0.05, 0.1) is 6.61 Å². The summed E-state index contributed by atoms with van der Waals surface area (Å²) in [4.78, 5) is 22.5. The third kappa shape index (κ3) is 5.89. The fourth-order valence-corrected chi connectivity index (χ4v) is 2.86.